The van der Waals surface area contributed by atoms with Gasteiger partial charge in [0.1, 0.15) is 12.3 Å². The average Bonchev–Trinajstić information content (AvgIpc) is 2.72. The minimum atomic E-state index is -0.160. The minimum absolute atomic E-state index is 0.0450. The molecule has 3 rings (SSSR count). The molecule has 2 aromatic carbocycles. The fraction of sp³-hybridized carbons (Fsp3) is 0.556. The standard InChI is InChI=1S/C27H39NO3/c1-21(2)31-25-12-10-23(11-13-25)17-28-18-24(19-29)27(14-15-30-26(3,4)20-27)16-22-8-6-5-7-9-22/h5-13,21,24,28-29H,14-20H2,1-4H3/p+1/t24-,27-/m0/s1. The van der Waals surface area contributed by atoms with Crippen molar-refractivity contribution in [1.29, 1.82) is 0 Å². The molecule has 0 aliphatic carbocycles. The summed E-state index contributed by atoms with van der Waals surface area (Å²) in [5, 5.41) is 12.8. The number of hydrogen-bond acceptors (Lipinski definition) is 3. The fourth-order valence-corrected chi connectivity index (χ4v) is 5.11. The average molecular weight is 427 g/mol. The molecule has 0 aromatic heterocycles. The zero-order valence-electron chi connectivity index (χ0n) is 19.6. The first-order chi connectivity index (χ1) is 14.8. The molecule has 2 atom stereocenters. The second kappa shape index (κ2) is 10.6. The van der Waals surface area contributed by atoms with Crippen molar-refractivity contribution in [3.8, 4) is 5.75 Å². The number of benzene rings is 2. The van der Waals surface area contributed by atoms with Gasteiger partial charge >= 0.3 is 0 Å². The smallest absolute Gasteiger partial charge is 0.119 e. The number of ether oxygens (including phenoxy) is 2. The van der Waals surface area contributed by atoms with Crippen molar-refractivity contribution < 1.29 is 19.9 Å². The van der Waals surface area contributed by atoms with E-state index in [1.165, 1.54) is 11.1 Å². The van der Waals surface area contributed by atoms with E-state index in [1.54, 1.807) is 0 Å². The Bertz CT molecular complexity index is 788. The molecule has 170 valence electrons. The van der Waals surface area contributed by atoms with Crippen LogP contribution in [0, 0.1) is 11.3 Å². The topological polar surface area (TPSA) is 55.3 Å². The molecule has 2 aromatic rings. The highest BCUT2D eigenvalue weighted by Crippen LogP contribution is 2.46. The van der Waals surface area contributed by atoms with Gasteiger partial charge in [0.05, 0.1) is 24.9 Å². The quantitative estimate of drug-likeness (QED) is 0.605. The molecule has 4 heteroatoms. The van der Waals surface area contributed by atoms with E-state index in [-0.39, 0.29) is 29.6 Å². The number of rotatable bonds is 10. The van der Waals surface area contributed by atoms with Crippen LogP contribution in [0.15, 0.2) is 54.6 Å². The molecule has 1 fully saturated rings. The Labute approximate surface area is 188 Å². The lowest BCUT2D eigenvalue weighted by atomic mass is 9.63. The van der Waals surface area contributed by atoms with E-state index in [0.717, 1.165) is 44.7 Å². The second-order valence-electron chi connectivity index (χ2n) is 9.98. The first-order valence-electron chi connectivity index (χ1n) is 11.7. The van der Waals surface area contributed by atoms with Crippen LogP contribution in [0.5, 0.6) is 5.75 Å². The Morgan fingerprint density at radius 2 is 1.74 bits per heavy atom. The van der Waals surface area contributed by atoms with Crippen molar-refractivity contribution in [2.75, 3.05) is 19.8 Å². The normalized spacial score (nSPS) is 21.7. The fourth-order valence-electron chi connectivity index (χ4n) is 5.11. The van der Waals surface area contributed by atoms with Crippen LogP contribution >= 0.6 is 0 Å². The van der Waals surface area contributed by atoms with Crippen molar-refractivity contribution in [1.82, 2.24) is 0 Å². The van der Waals surface area contributed by atoms with Gasteiger partial charge in [0.2, 0.25) is 0 Å². The van der Waals surface area contributed by atoms with Gasteiger partial charge in [-0.05, 0) is 82.2 Å². The van der Waals surface area contributed by atoms with Crippen molar-refractivity contribution in [3.05, 3.63) is 65.7 Å². The molecular weight excluding hydrogens is 386 g/mol. The van der Waals surface area contributed by atoms with E-state index in [9.17, 15) is 5.11 Å². The van der Waals surface area contributed by atoms with Gasteiger partial charge in [0.25, 0.3) is 0 Å². The highest BCUT2D eigenvalue weighted by Gasteiger charge is 2.46. The number of hydrogen-bond donors (Lipinski definition) is 2. The number of aliphatic hydroxyl groups is 1. The van der Waals surface area contributed by atoms with Crippen LogP contribution in [-0.4, -0.2) is 36.6 Å². The monoisotopic (exact) mass is 426 g/mol. The van der Waals surface area contributed by atoms with Crippen molar-refractivity contribution >= 4 is 0 Å². The predicted molar refractivity (Wildman–Crippen MR) is 125 cm³/mol. The van der Waals surface area contributed by atoms with E-state index in [0.29, 0.717) is 0 Å². The van der Waals surface area contributed by atoms with Crippen molar-refractivity contribution in [2.24, 2.45) is 11.3 Å². The summed E-state index contributed by atoms with van der Waals surface area (Å²) in [7, 11) is 0. The molecule has 0 bridgehead atoms. The Hall–Kier alpha value is -1.88. The molecule has 1 aliphatic heterocycles. The van der Waals surface area contributed by atoms with Gasteiger partial charge in [-0.2, -0.15) is 0 Å². The summed E-state index contributed by atoms with van der Waals surface area (Å²) < 4.78 is 11.8. The summed E-state index contributed by atoms with van der Waals surface area (Å²) in [5.41, 5.74) is 2.51. The Balaban J connectivity index is 1.67. The second-order valence-corrected chi connectivity index (χ2v) is 9.98. The van der Waals surface area contributed by atoms with Gasteiger partial charge in [-0.3, -0.25) is 0 Å². The zero-order valence-corrected chi connectivity index (χ0v) is 19.6. The van der Waals surface area contributed by atoms with Crippen molar-refractivity contribution in [3.63, 3.8) is 0 Å². The molecule has 0 saturated carbocycles. The third-order valence-electron chi connectivity index (χ3n) is 6.48. The first-order valence-corrected chi connectivity index (χ1v) is 11.7. The van der Waals surface area contributed by atoms with Gasteiger partial charge in [-0.1, -0.05) is 30.3 Å². The van der Waals surface area contributed by atoms with Crippen LogP contribution in [0.25, 0.3) is 0 Å². The number of quaternary nitrogens is 1. The summed E-state index contributed by atoms with van der Waals surface area (Å²) in [6.07, 6.45) is 3.13. The lowest BCUT2D eigenvalue weighted by molar-refractivity contribution is -0.678. The molecule has 0 amide bonds. The maximum atomic E-state index is 10.4. The Kier molecular flexibility index (Phi) is 8.15. The van der Waals surface area contributed by atoms with Crippen LogP contribution < -0.4 is 10.1 Å². The summed E-state index contributed by atoms with van der Waals surface area (Å²) in [6.45, 7) is 11.2. The maximum absolute atomic E-state index is 10.4. The molecule has 0 radical (unpaired) electrons. The molecule has 1 saturated heterocycles. The van der Waals surface area contributed by atoms with Gasteiger partial charge in [0.15, 0.2) is 0 Å². The molecule has 1 aliphatic rings. The van der Waals surface area contributed by atoms with Crippen molar-refractivity contribution in [2.45, 2.75) is 65.2 Å². The predicted octanol–water partition coefficient (Wildman–Crippen LogP) is 3.96. The number of nitrogens with two attached hydrogens (primary N) is 1. The molecular formula is C27H40NO3+. The third-order valence-corrected chi connectivity index (χ3v) is 6.48. The van der Waals surface area contributed by atoms with E-state index >= 15 is 0 Å². The van der Waals surface area contributed by atoms with E-state index < -0.39 is 0 Å². The molecule has 1 heterocycles. The molecule has 0 spiro atoms. The summed E-state index contributed by atoms with van der Waals surface area (Å²) in [4.78, 5) is 0. The summed E-state index contributed by atoms with van der Waals surface area (Å²) in [6, 6.07) is 19.1. The van der Waals surface area contributed by atoms with Gasteiger partial charge in [-0.15, -0.1) is 0 Å². The Morgan fingerprint density at radius 3 is 2.35 bits per heavy atom. The zero-order chi connectivity index (χ0) is 22.3. The molecule has 3 N–H and O–H groups in total. The molecule has 31 heavy (non-hydrogen) atoms. The minimum Gasteiger partial charge on any atom is -0.491 e. The maximum Gasteiger partial charge on any atom is 0.119 e. The van der Waals surface area contributed by atoms with E-state index in [4.69, 9.17) is 9.47 Å². The highest BCUT2D eigenvalue weighted by atomic mass is 16.5. The van der Waals surface area contributed by atoms with Crippen LogP contribution in [0.4, 0.5) is 0 Å². The SMILES string of the molecule is CC(C)Oc1ccc(C[NH2+]C[C@@H](CO)[C@]2(Cc3ccccc3)CCOC(C)(C)C2)cc1. The lowest BCUT2D eigenvalue weighted by Crippen LogP contribution is -2.85. The molecule has 0 unspecified atom stereocenters. The number of aliphatic hydroxyl groups excluding tert-OH is 1. The Morgan fingerprint density at radius 1 is 1.03 bits per heavy atom. The molecule has 4 nitrogen and oxygen atoms in total. The van der Waals surface area contributed by atoms with Crippen LogP contribution in [0.2, 0.25) is 0 Å². The van der Waals surface area contributed by atoms with Gasteiger partial charge < -0.3 is 19.9 Å². The van der Waals surface area contributed by atoms with Gasteiger partial charge in [0, 0.05) is 18.1 Å². The summed E-state index contributed by atoms with van der Waals surface area (Å²) in [5.74, 6) is 1.14. The third kappa shape index (κ3) is 6.80. The van der Waals surface area contributed by atoms with Gasteiger partial charge in [-0.25, -0.2) is 0 Å². The van der Waals surface area contributed by atoms with E-state index in [2.05, 4.69) is 61.6 Å². The van der Waals surface area contributed by atoms with Crippen LogP contribution in [0.3, 0.4) is 0 Å². The lowest BCUT2D eigenvalue weighted by Gasteiger charge is -2.48. The first kappa shape index (κ1) is 23.8. The van der Waals surface area contributed by atoms with Crippen LogP contribution in [0.1, 0.15) is 51.7 Å². The highest BCUT2D eigenvalue weighted by molar-refractivity contribution is 5.26. The largest absolute Gasteiger partial charge is 0.491 e. The van der Waals surface area contributed by atoms with Crippen LogP contribution in [-0.2, 0) is 17.7 Å². The van der Waals surface area contributed by atoms with E-state index in [1.807, 2.05) is 26.0 Å². The summed E-state index contributed by atoms with van der Waals surface area (Å²) >= 11 is 0.